The summed E-state index contributed by atoms with van der Waals surface area (Å²) in [5, 5.41) is 8.34. The Kier molecular flexibility index (Phi) is 2.84. The van der Waals surface area contributed by atoms with Crippen LogP contribution in [0.5, 0.6) is 0 Å². The van der Waals surface area contributed by atoms with Crippen LogP contribution in [0, 0.1) is 17.8 Å². The Morgan fingerprint density at radius 3 is 2.83 bits per heavy atom. The number of hydrogen-bond donors (Lipinski definition) is 0. The SMILES string of the molecule is CC(=O)OC[C@@H]1[C@@H]2CCc3c(nnn3C)CC[C@@H]21. The second-order valence-corrected chi connectivity index (χ2v) is 5.48. The highest BCUT2D eigenvalue weighted by Gasteiger charge is 2.50. The van der Waals surface area contributed by atoms with Crippen LogP contribution < -0.4 is 0 Å². The van der Waals surface area contributed by atoms with Gasteiger partial charge in [0.25, 0.3) is 0 Å². The highest BCUT2D eigenvalue weighted by Crippen LogP contribution is 2.52. The van der Waals surface area contributed by atoms with E-state index in [1.54, 1.807) is 0 Å². The third-order valence-corrected chi connectivity index (χ3v) is 4.44. The lowest BCUT2D eigenvalue weighted by Gasteiger charge is -2.07. The average Bonchev–Trinajstić information content (AvgIpc) is 2.84. The fourth-order valence-electron chi connectivity index (χ4n) is 3.37. The first-order valence-electron chi connectivity index (χ1n) is 6.67. The first kappa shape index (κ1) is 11.7. The fourth-order valence-corrected chi connectivity index (χ4v) is 3.37. The molecule has 3 atom stereocenters. The molecule has 18 heavy (non-hydrogen) atoms. The molecule has 0 aliphatic heterocycles. The Bertz CT molecular complexity index is 469. The van der Waals surface area contributed by atoms with Crippen LogP contribution in [-0.2, 0) is 29.4 Å². The van der Waals surface area contributed by atoms with Crippen molar-refractivity contribution in [3.8, 4) is 0 Å². The van der Waals surface area contributed by atoms with Gasteiger partial charge in [0.2, 0.25) is 0 Å². The molecule has 0 N–H and O–H groups in total. The predicted octanol–water partition coefficient (Wildman–Crippen LogP) is 1.12. The van der Waals surface area contributed by atoms with Gasteiger partial charge in [-0.1, -0.05) is 5.21 Å². The summed E-state index contributed by atoms with van der Waals surface area (Å²) in [6, 6.07) is 0. The van der Waals surface area contributed by atoms with E-state index in [0.29, 0.717) is 12.5 Å². The van der Waals surface area contributed by atoms with E-state index in [0.717, 1.165) is 36.8 Å². The van der Waals surface area contributed by atoms with Gasteiger partial charge >= 0.3 is 5.97 Å². The molecule has 0 radical (unpaired) electrons. The molecule has 1 aromatic rings. The molecule has 98 valence electrons. The lowest BCUT2D eigenvalue weighted by Crippen LogP contribution is -2.05. The molecule has 1 saturated carbocycles. The van der Waals surface area contributed by atoms with Crippen LogP contribution in [-0.4, -0.2) is 27.6 Å². The standard InChI is InChI=1S/C13H19N3O2/c1-8(17)18-7-11-9-3-5-12-13(6-4-10(9)11)16(2)15-14-12/h9-11H,3-7H2,1-2H3/t9-,10+,11-/m0/s1. The number of esters is 1. The highest BCUT2D eigenvalue weighted by molar-refractivity contribution is 5.65. The molecule has 1 fully saturated rings. The highest BCUT2D eigenvalue weighted by atomic mass is 16.5. The molecular weight excluding hydrogens is 230 g/mol. The minimum atomic E-state index is -0.163. The van der Waals surface area contributed by atoms with Crippen molar-refractivity contribution in [1.82, 2.24) is 15.0 Å². The first-order chi connectivity index (χ1) is 8.66. The van der Waals surface area contributed by atoms with Gasteiger partial charge in [-0.15, -0.1) is 5.10 Å². The normalized spacial score (nSPS) is 29.8. The number of carbonyl (C=O) groups excluding carboxylic acids is 1. The lowest BCUT2D eigenvalue weighted by molar-refractivity contribution is -0.141. The molecule has 2 aliphatic rings. The molecule has 5 heteroatoms. The van der Waals surface area contributed by atoms with Crippen LogP contribution in [0.3, 0.4) is 0 Å². The van der Waals surface area contributed by atoms with E-state index >= 15 is 0 Å². The van der Waals surface area contributed by atoms with Gasteiger partial charge in [0, 0.05) is 14.0 Å². The van der Waals surface area contributed by atoms with E-state index in [-0.39, 0.29) is 5.97 Å². The van der Waals surface area contributed by atoms with Crippen molar-refractivity contribution in [2.24, 2.45) is 24.8 Å². The second-order valence-electron chi connectivity index (χ2n) is 5.48. The minimum absolute atomic E-state index is 0.163. The molecule has 0 aromatic carbocycles. The van der Waals surface area contributed by atoms with E-state index in [1.165, 1.54) is 19.0 Å². The molecule has 1 aromatic heterocycles. The van der Waals surface area contributed by atoms with Crippen LogP contribution in [0.2, 0.25) is 0 Å². The molecule has 1 heterocycles. The largest absolute Gasteiger partial charge is 0.466 e. The topological polar surface area (TPSA) is 57.0 Å². The number of rotatable bonds is 2. The van der Waals surface area contributed by atoms with Gasteiger partial charge in [0.15, 0.2) is 0 Å². The van der Waals surface area contributed by atoms with Crippen molar-refractivity contribution in [1.29, 1.82) is 0 Å². The first-order valence-corrected chi connectivity index (χ1v) is 6.67. The van der Waals surface area contributed by atoms with E-state index < -0.39 is 0 Å². The van der Waals surface area contributed by atoms with Gasteiger partial charge in [-0.25, -0.2) is 0 Å². The quantitative estimate of drug-likeness (QED) is 0.737. The molecule has 0 bridgehead atoms. The molecule has 0 saturated heterocycles. The summed E-state index contributed by atoms with van der Waals surface area (Å²) >= 11 is 0. The van der Waals surface area contributed by atoms with Gasteiger partial charge in [-0.2, -0.15) is 0 Å². The Balaban J connectivity index is 1.63. The molecule has 5 nitrogen and oxygen atoms in total. The summed E-state index contributed by atoms with van der Waals surface area (Å²) in [4.78, 5) is 10.9. The van der Waals surface area contributed by atoms with Gasteiger partial charge in [0.05, 0.1) is 18.0 Å². The maximum Gasteiger partial charge on any atom is 0.302 e. The van der Waals surface area contributed by atoms with Crippen LogP contribution in [0.4, 0.5) is 0 Å². The van der Waals surface area contributed by atoms with Gasteiger partial charge in [-0.3, -0.25) is 9.48 Å². The number of aryl methyl sites for hydroxylation is 2. The molecule has 0 spiro atoms. The third-order valence-electron chi connectivity index (χ3n) is 4.44. The molecule has 0 amide bonds. The number of carbonyl (C=O) groups is 1. The van der Waals surface area contributed by atoms with Crippen molar-refractivity contribution in [3.05, 3.63) is 11.4 Å². The van der Waals surface area contributed by atoms with E-state index in [9.17, 15) is 4.79 Å². The van der Waals surface area contributed by atoms with Crippen molar-refractivity contribution in [2.75, 3.05) is 6.61 Å². The van der Waals surface area contributed by atoms with Crippen LogP contribution >= 0.6 is 0 Å². The van der Waals surface area contributed by atoms with Crippen molar-refractivity contribution in [2.45, 2.75) is 32.6 Å². The van der Waals surface area contributed by atoms with E-state index in [2.05, 4.69) is 10.3 Å². The summed E-state index contributed by atoms with van der Waals surface area (Å²) in [5.74, 6) is 1.87. The third kappa shape index (κ3) is 2.02. The number of fused-ring (bicyclic) bond motifs is 2. The number of aromatic nitrogens is 3. The summed E-state index contributed by atoms with van der Waals surface area (Å²) in [6.07, 6.45) is 4.39. The predicted molar refractivity (Wildman–Crippen MR) is 64.7 cm³/mol. The summed E-state index contributed by atoms with van der Waals surface area (Å²) in [5.41, 5.74) is 2.45. The lowest BCUT2D eigenvalue weighted by atomic mass is 10.0. The monoisotopic (exact) mass is 249 g/mol. The van der Waals surface area contributed by atoms with E-state index in [4.69, 9.17) is 4.74 Å². The Labute approximate surface area is 107 Å². The zero-order chi connectivity index (χ0) is 12.7. The van der Waals surface area contributed by atoms with Crippen molar-refractivity contribution >= 4 is 5.97 Å². The second kappa shape index (κ2) is 4.37. The summed E-state index contributed by atoms with van der Waals surface area (Å²) in [6.45, 7) is 2.09. The number of hydrogen-bond acceptors (Lipinski definition) is 4. The summed E-state index contributed by atoms with van der Waals surface area (Å²) in [7, 11) is 1.97. The maximum atomic E-state index is 10.9. The fraction of sp³-hybridized carbons (Fsp3) is 0.769. The number of ether oxygens (including phenoxy) is 1. The number of nitrogens with zero attached hydrogens (tertiary/aromatic N) is 3. The van der Waals surface area contributed by atoms with Gasteiger partial charge < -0.3 is 4.74 Å². The van der Waals surface area contributed by atoms with Crippen molar-refractivity contribution < 1.29 is 9.53 Å². The minimum Gasteiger partial charge on any atom is -0.466 e. The van der Waals surface area contributed by atoms with Gasteiger partial charge in [0.1, 0.15) is 0 Å². The Hall–Kier alpha value is -1.39. The molecule has 0 unspecified atom stereocenters. The molecule has 3 rings (SSSR count). The van der Waals surface area contributed by atoms with Gasteiger partial charge in [-0.05, 0) is 43.4 Å². The Morgan fingerprint density at radius 1 is 1.39 bits per heavy atom. The van der Waals surface area contributed by atoms with Crippen LogP contribution in [0.1, 0.15) is 31.2 Å². The van der Waals surface area contributed by atoms with Crippen molar-refractivity contribution in [3.63, 3.8) is 0 Å². The Morgan fingerprint density at radius 2 is 2.11 bits per heavy atom. The van der Waals surface area contributed by atoms with E-state index in [1.807, 2.05) is 11.7 Å². The van der Waals surface area contributed by atoms with Crippen LogP contribution in [0.15, 0.2) is 0 Å². The summed E-state index contributed by atoms with van der Waals surface area (Å²) < 4.78 is 7.05. The smallest absolute Gasteiger partial charge is 0.302 e. The zero-order valence-electron chi connectivity index (χ0n) is 10.9. The zero-order valence-corrected chi connectivity index (χ0v) is 10.9. The maximum absolute atomic E-state index is 10.9. The molecule has 2 aliphatic carbocycles. The molecular formula is C13H19N3O2. The average molecular weight is 249 g/mol. The van der Waals surface area contributed by atoms with Crippen LogP contribution in [0.25, 0.3) is 0 Å².